The highest BCUT2D eigenvalue weighted by Gasteiger charge is 2.13. The van der Waals surface area contributed by atoms with Crippen molar-refractivity contribution in [1.29, 1.82) is 0 Å². The summed E-state index contributed by atoms with van der Waals surface area (Å²) < 4.78 is 25.5. The molecular formula is C16H14ClN3O2S. The van der Waals surface area contributed by atoms with Crippen molar-refractivity contribution >= 4 is 27.3 Å². The van der Waals surface area contributed by atoms with E-state index in [1.807, 2.05) is 30.3 Å². The first-order chi connectivity index (χ1) is 10.9. The van der Waals surface area contributed by atoms with Crippen LogP contribution in [0.5, 0.6) is 0 Å². The Bertz CT molecular complexity index is 937. The van der Waals surface area contributed by atoms with Crippen molar-refractivity contribution < 1.29 is 8.42 Å². The summed E-state index contributed by atoms with van der Waals surface area (Å²) in [4.78, 5) is 7.55. The number of benzene rings is 2. The quantitative estimate of drug-likeness (QED) is 0.754. The molecule has 3 aromatic rings. The van der Waals surface area contributed by atoms with Crippen LogP contribution in [0.1, 0.15) is 0 Å². The Morgan fingerprint density at radius 3 is 2.57 bits per heavy atom. The van der Waals surface area contributed by atoms with Gasteiger partial charge in [-0.3, -0.25) is 4.72 Å². The van der Waals surface area contributed by atoms with Crippen LogP contribution in [-0.2, 0) is 10.0 Å². The lowest BCUT2D eigenvalue weighted by Crippen LogP contribution is -2.10. The van der Waals surface area contributed by atoms with Gasteiger partial charge in [-0.2, -0.15) is 0 Å². The van der Waals surface area contributed by atoms with Crippen LogP contribution in [0.25, 0.3) is 22.6 Å². The van der Waals surface area contributed by atoms with E-state index in [4.69, 9.17) is 11.6 Å². The Balaban J connectivity index is 2.05. The van der Waals surface area contributed by atoms with E-state index in [0.717, 1.165) is 11.8 Å². The number of sulfonamides is 1. The summed E-state index contributed by atoms with van der Waals surface area (Å²) in [7, 11) is -3.39. The van der Waals surface area contributed by atoms with Gasteiger partial charge in [0.1, 0.15) is 5.82 Å². The number of H-pyrrole nitrogens is 1. The number of rotatable bonds is 4. The van der Waals surface area contributed by atoms with E-state index in [2.05, 4.69) is 14.7 Å². The van der Waals surface area contributed by atoms with Crippen LogP contribution in [0.4, 0.5) is 5.69 Å². The molecule has 0 atom stereocenters. The first-order valence-electron chi connectivity index (χ1n) is 6.80. The number of nitrogens with one attached hydrogen (secondary N) is 2. The van der Waals surface area contributed by atoms with E-state index < -0.39 is 10.0 Å². The molecule has 2 N–H and O–H groups in total. The number of halogens is 1. The maximum atomic E-state index is 11.5. The molecule has 0 unspecified atom stereocenters. The van der Waals surface area contributed by atoms with Crippen LogP contribution in [0.2, 0.25) is 5.02 Å². The molecule has 23 heavy (non-hydrogen) atoms. The van der Waals surface area contributed by atoms with Crippen molar-refractivity contribution in [3.05, 3.63) is 59.8 Å². The monoisotopic (exact) mass is 347 g/mol. The topological polar surface area (TPSA) is 74.8 Å². The molecule has 3 rings (SSSR count). The number of hydrogen-bond donors (Lipinski definition) is 2. The molecule has 0 radical (unpaired) electrons. The lowest BCUT2D eigenvalue weighted by Gasteiger charge is -2.09. The fourth-order valence-corrected chi connectivity index (χ4v) is 2.98. The Morgan fingerprint density at radius 2 is 1.87 bits per heavy atom. The van der Waals surface area contributed by atoms with Crippen LogP contribution in [-0.4, -0.2) is 24.6 Å². The van der Waals surface area contributed by atoms with Gasteiger partial charge in [-0.1, -0.05) is 41.9 Å². The number of aromatic amines is 1. The minimum atomic E-state index is -3.39. The predicted octanol–water partition coefficient (Wildman–Crippen LogP) is 3.77. The molecular weight excluding hydrogens is 334 g/mol. The van der Waals surface area contributed by atoms with E-state index in [-0.39, 0.29) is 0 Å². The van der Waals surface area contributed by atoms with Gasteiger partial charge in [-0.05, 0) is 18.2 Å². The second-order valence-corrected chi connectivity index (χ2v) is 7.26. The summed E-state index contributed by atoms with van der Waals surface area (Å²) in [5.41, 5.74) is 2.70. The Morgan fingerprint density at radius 1 is 1.13 bits per heavy atom. The molecule has 0 aliphatic carbocycles. The Labute approximate surface area is 139 Å². The van der Waals surface area contributed by atoms with Crippen molar-refractivity contribution in [1.82, 2.24) is 9.97 Å². The fourth-order valence-electron chi connectivity index (χ4n) is 2.23. The van der Waals surface area contributed by atoms with Gasteiger partial charge >= 0.3 is 0 Å². The Hall–Kier alpha value is -2.31. The maximum Gasteiger partial charge on any atom is 0.229 e. The van der Waals surface area contributed by atoms with E-state index in [1.165, 1.54) is 0 Å². The standard InChI is InChI=1S/C16H14ClN3O2S/c1-23(21,22)20-14-8-7-12(17)9-13(14)15-10-18-16(19-15)11-5-3-2-4-6-11/h2-10,20H,1H3,(H,18,19). The minimum absolute atomic E-state index is 0.445. The largest absolute Gasteiger partial charge is 0.338 e. The molecule has 7 heteroatoms. The van der Waals surface area contributed by atoms with Crippen molar-refractivity contribution in [2.75, 3.05) is 11.0 Å². The third-order valence-electron chi connectivity index (χ3n) is 3.19. The molecule has 0 fully saturated rings. The van der Waals surface area contributed by atoms with E-state index in [9.17, 15) is 8.42 Å². The molecule has 0 saturated carbocycles. The number of nitrogens with zero attached hydrogens (tertiary/aromatic N) is 1. The highest BCUT2D eigenvalue weighted by Crippen LogP contribution is 2.31. The van der Waals surface area contributed by atoms with Crippen LogP contribution in [0.3, 0.4) is 0 Å². The predicted molar refractivity (Wildman–Crippen MR) is 92.9 cm³/mol. The number of aromatic nitrogens is 2. The average molecular weight is 348 g/mol. The third kappa shape index (κ3) is 3.72. The smallest absolute Gasteiger partial charge is 0.229 e. The molecule has 1 heterocycles. The van der Waals surface area contributed by atoms with Gasteiger partial charge in [-0.15, -0.1) is 0 Å². The zero-order chi connectivity index (χ0) is 16.4. The van der Waals surface area contributed by atoms with Gasteiger partial charge in [-0.25, -0.2) is 13.4 Å². The molecule has 118 valence electrons. The minimum Gasteiger partial charge on any atom is -0.338 e. The molecule has 0 amide bonds. The van der Waals surface area contributed by atoms with Crippen molar-refractivity contribution in [3.8, 4) is 22.6 Å². The number of anilines is 1. The van der Waals surface area contributed by atoms with Gasteiger partial charge in [0.15, 0.2) is 0 Å². The van der Waals surface area contributed by atoms with Gasteiger partial charge in [0, 0.05) is 16.1 Å². The molecule has 5 nitrogen and oxygen atoms in total. The van der Waals surface area contributed by atoms with E-state index >= 15 is 0 Å². The average Bonchev–Trinajstić information content (AvgIpc) is 2.98. The lowest BCUT2D eigenvalue weighted by molar-refractivity contribution is 0.607. The lowest BCUT2D eigenvalue weighted by atomic mass is 10.1. The van der Waals surface area contributed by atoms with Crippen LogP contribution < -0.4 is 4.72 Å². The van der Waals surface area contributed by atoms with Gasteiger partial charge in [0.2, 0.25) is 10.0 Å². The fraction of sp³-hybridized carbons (Fsp3) is 0.0625. The first kappa shape index (κ1) is 15.6. The zero-order valence-electron chi connectivity index (χ0n) is 12.2. The Kier molecular flexibility index (Phi) is 4.11. The summed E-state index contributed by atoms with van der Waals surface area (Å²) in [6, 6.07) is 14.6. The van der Waals surface area contributed by atoms with E-state index in [0.29, 0.717) is 27.8 Å². The van der Waals surface area contributed by atoms with Crippen LogP contribution >= 0.6 is 11.6 Å². The molecule has 2 aromatic carbocycles. The second kappa shape index (κ2) is 6.06. The van der Waals surface area contributed by atoms with Crippen molar-refractivity contribution in [3.63, 3.8) is 0 Å². The SMILES string of the molecule is CS(=O)(=O)Nc1ccc(Cl)cc1-c1cnc(-c2ccccc2)[nH]1. The van der Waals surface area contributed by atoms with Gasteiger partial charge in [0.05, 0.1) is 23.8 Å². The molecule has 0 bridgehead atoms. The third-order valence-corrected chi connectivity index (χ3v) is 4.02. The summed E-state index contributed by atoms with van der Waals surface area (Å²) in [6.45, 7) is 0. The normalized spacial score (nSPS) is 11.4. The maximum absolute atomic E-state index is 11.5. The summed E-state index contributed by atoms with van der Waals surface area (Å²) in [5, 5.41) is 0.509. The molecule has 1 aromatic heterocycles. The zero-order valence-corrected chi connectivity index (χ0v) is 13.8. The number of hydrogen-bond acceptors (Lipinski definition) is 3. The van der Waals surface area contributed by atoms with Gasteiger partial charge in [0.25, 0.3) is 0 Å². The molecule has 0 aliphatic heterocycles. The first-order valence-corrected chi connectivity index (χ1v) is 9.07. The van der Waals surface area contributed by atoms with Crippen molar-refractivity contribution in [2.24, 2.45) is 0 Å². The summed E-state index contributed by atoms with van der Waals surface area (Å²) >= 11 is 6.05. The van der Waals surface area contributed by atoms with Crippen molar-refractivity contribution in [2.45, 2.75) is 0 Å². The molecule has 0 spiro atoms. The summed E-state index contributed by atoms with van der Waals surface area (Å²) in [6.07, 6.45) is 2.76. The van der Waals surface area contributed by atoms with Gasteiger partial charge < -0.3 is 4.98 Å². The van der Waals surface area contributed by atoms with E-state index in [1.54, 1.807) is 24.4 Å². The second-order valence-electron chi connectivity index (χ2n) is 5.08. The van der Waals surface area contributed by atoms with Crippen LogP contribution in [0, 0.1) is 0 Å². The highest BCUT2D eigenvalue weighted by atomic mass is 35.5. The van der Waals surface area contributed by atoms with Crippen LogP contribution in [0.15, 0.2) is 54.7 Å². The number of imidazole rings is 1. The molecule has 0 aliphatic rings. The molecule has 0 saturated heterocycles. The summed E-state index contributed by atoms with van der Waals surface area (Å²) in [5.74, 6) is 0.700. The highest BCUT2D eigenvalue weighted by molar-refractivity contribution is 7.92.